The van der Waals surface area contributed by atoms with E-state index in [0.29, 0.717) is 17.8 Å². The maximum Gasteiger partial charge on any atom is 0.322 e. The van der Waals surface area contributed by atoms with Gasteiger partial charge in [-0.05, 0) is 30.7 Å². The molecule has 1 aliphatic heterocycles. The van der Waals surface area contributed by atoms with Gasteiger partial charge in [0, 0.05) is 35.0 Å². The molecule has 0 radical (unpaired) electrons. The van der Waals surface area contributed by atoms with Crippen molar-refractivity contribution in [2.45, 2.75) is 18.9 Å². The van der Waals surface area contributed by atoms with Crippen LogP contribution in [0.15, 0.2) is 42.1 Å². The number of Topliss-reactive ketones (excluding diaryl/α,β-unsaturated/α-hetero) is 1. The highest BCUT2D eigenvalue weighted by Crippen LogP contribution is 2.53. The van der Waals surface area contributed by atoms with E-state index >= 15 is 0 Å². The minimum Gasteiger partial charge on any atom is -0.496 e. The number of carboxylic acids is 1. The van der Waals surface area contributed by atoms with Crippen LogP contribution in [0.4, 0.5) is 5.69 Å². The molecule has 2 aliphatic rings. The molecule has 0 saturated heterocycles. The summed E-state index contributed by atoms with van der Waals surface area (Å²) in [6.45, 7) is 1.26. The SMILES string of the molecule is COc1cc(OC)c2c(c1Cl)O[C@@]1(C(=O)C=C(Nc3ccc(C(=O)NCC(=O)O)cc3)C[C@H]1C)C2=O. The number of carboxylic acid groups (broad SMARTS) is 1. The Morgan fingerprint density at radius 3 is 2.42 bits per heavy atom. The first kappa shape index (κ1) is 25.1. The number of anilines is 1. The molecule has 0 bridgehead atoms. The average molecular weight is 515 g/mol. The number of halogens is 1. The van der Waals surface area contributed by atoms with Crippen LogP contribution < -0.4 is 24.8 Å². The van der Waals surface area contributed by atoms with Crippen LogP contribution in [0.25, 0.3) is 0 Å². The molecule has 1 amide bonds. The molecular weight excluding hydrogens is 492 g/mol. The highest BCUT2D eigenvalue weighted by Gasteiger charge is 2.60. The molecule has 0 unspecified atom stereocenters. The topological polar surface area (TPSA) is 140 Å². The van der Waals surface area contributed by atoms with Crippen molar-refractivity contribution in [3.63, 3.8) is 0 Å². The molecule has 2 aromatic rings. The molecule has 11 heteroatoms. The molecule has 0 aromatic heterocycles. The Bertz CT molecular complexity index is 1300. The van der Waals surface area contributed by atoms with Crippen molar-refractivity contribution < 1.29 is 38.5 Å². The Morgan fingerprint density at radius 2 is 1.83 bits per heavy atom. The van der Waals surface area contributed by atoms with E-state index in [1.54, 1.807) is 19.1 Å². The number of rotatable bonds is 7. The Balaban J connectivity index is 1.56. The summed E-state index contributed by atoms with van der Waals surface area (Å²) in [5.41, 5.74) is -0.229. The second kappa shape index (κ2) is 9.54. The Hall–Kier alpha value is -4.05. The third-order valence-electron chi connectivity index (χ3n) is 6.16. The number of amides is 1. The van der Waals surface area contributed by atoms with Crippen LogP contribution in [0, 0.1) is 5.92 Å². The van der Waals surface area contributed by atoms with Gasteiger partial charge in [-0.2, -0.15) is 0 Å². The number of hydrogen-bond donors (Lipinski definition) is 3. The summed E-state index contributed by atoms with van der Waals surface area (Å²) >= 11 is 6.40. The van der Waals surface area contributed by atoms with Crippen molar-refractivity contribution in [2.75, 3.05) is 26.1 Å². The van der Waals surface area contributed by atoms with Gasteiger partial charge in [0.1, 0.15) is 28.6 Å². The molecule has 4 rings (SSSR count). The van der Waals surface area contributed by atoms with Gasteiger partial charge < -0.3 is 30.0 Å². The fourth-order valence-corrected chi connectivity index (χ4v) is 4.63. The van der Waals surface area contributed by atoms with E-state index in [4.69, 9.17) is 30.9 Å². The number of nitrogens with one attached hydrogen (secondary N) is 2. The first-order valence-corrected chi connectivity index (χ1v) is 11.3. The lowest BCUT2D eigenvalue weighted by Gasteiger charge is -2.35. The maximum atomic E-state index is 13.5. The fraction of sp³-hybridized carbons (Fsp3) is 0.280. The third kappa shape index (κ3) is 4.13. The minimum absolute atomic E-state index is 0.0552. The van der Waals surface area contributed by atoms with Gasteiger partial charge in [0.2, 0.25) is 17.2 Å². The normalized spacial score (nSPS) is 20.3. The van der Waals surface area contributed by atoms with E-state index in [0.717, 1.165) is 0 Å². The monoisotopic (exact) mass is 514 g/mol. The number of benzene rings is 2. The van der Waals surface area contributed by atoms with Crippen molar-refractivity contribution in [3.05, 3.63) is 58.3 Å². The Kier molecular flexibility index (Phi) is 6.64. The van der Waals surface area contributed by atoms with Crippen LogP contribution in [0.1, 0.15) is 34.1 Å². The van der Waals surface area contributed by atoms with Gasteiger partial charge in [-0.25, -0.2) is 0 Å². The molecule has 0 fully saturated rings. The standard InChI is InChI=1S/C25H23ClN2O8/c1-12-8-15(28-14-6-4-13(5-7-14)24(33)27-11-19(30)31)9-18(29)25(12)23(32)20-16(34-2)10-17(35-3)21(26)22(20)36-25/h4-7,9-10,12,28H,8,11H2,1-3H3,(H,27,33)(H,30,31)/t12-,25+/m1/s1. The maximum absolute atomic E-state index is 13.5. The Morgan fingerprint density at radius 1 is 1.17 bits per heavy atom. The molecule has 36 heavy (non-hydrogen) atoms. The zero-order chi connectivity index (χ0) is 26.2. The van der Waals surface area contributed by atoms with Crippen LogP contribution in [0.3, 0.4) is 0 Å². The van der Waals surface area contributed by atoms with Crippen LogP contribution in [0.2, 0.25) is 5.02 Å². The summed E-state index contributed by atoms with van der Waals surface area (Å²) in [4.78, 5) is 49.5. The summed E-state index contributed by atoms with van der Waals surface area (Å²) in [5.74, 6) is -2.76. The number of fused-ring (bicyclic) bond motifs is 1. The first-order chi connectivity index (χ1) is 17.1. The number of carbonyl (C=O) groups is 4. The fourth-order valence-electron chi connectivity index (χ4n) is 4.36. The number of carbonyl (C=O) groups excluding carboxylic acids is 3. The van der Waals surface area contributed by atoms with Gasteiger partial charge in [0.25, 0.3) is 5.91 Å². The molecule has 2 atom stereocenters. The molecule has 1 heterocycles. The summed E-state index contributed by atoms with van der Waals surface area (Å²) in [6.07, 6.45) is 1.64. The molecular formula is C25H23ClN2O8. The summed E-state index contributed by atoms with van der Waals surface area (Å²) < 4.78 is 16.6. The van der Waals surface area contributed by atoms with Crippen LogP contribution in [-0.2, 0) is 9.59 Å². The van der Waals surface area contributed by atoms with E-state index in [1.165, 1.54) is 38.5 Å². The predicted molar refractivity (Wildman–Crippen MR) is 129 cm³/mol. The molecule has 2 aromatic carbocycles. The van der Waals surface area contributed by atoms with Gasteiger partial charge in [-0.15, -0.1) is 0 Å². The van der Waals surface area contributed by atoms with Crippen LogP contribution in [0.5, 0.6) is 17.2 Å². The zero-order valence-electron chi connectivity index (χ0n) is 19.6. The van der Waals surface area contributed by atoms with Gasteiger partial charge in [-0.3, -0.25) is 19.2 Å². The quantitative estimate of drug-likeness (QED) is 0.475. The predicted octanol–water partition coefficient (Wildman–Crippen LogP) is 3.09. The lowest BCUT2D eigenvalue weighted by molar-refractivity contribution is -0.135. The van der Waals surface area contributed by atoms with Gasteiger partial charge >= 0.3 is 5.97 Å². The summed E-state index contributed by atoms with van der Waals surface area (Å²) in [5, 5.41) is 14.2. The van der Waals surface area contributed by atoms with Crippen molar-refractivity contribution in [1.29, 1.82) is 0 Å². The van der Waals surface area contributed by atoms with Crippen LogP contribution in [-0.4, -0.2) is 54.9 Å². The molecule has 1 aliphatic carbocycles. The van der Waals surface area contributed by atoms with Crippen LogP contribution >= 0.6 is 11.6 Å². The van der Waals surface area contributed by atoms with Gasteiger partial charge in [0.15, 0.2) is 5.75 Å². The van der Waals surface area contributed by atoms with Crippen molar-refractivity contribution in [3.8, 4) is 17.2 Å². The second-order valence-electron chi connectivity index (χ2n) is 8.38. The number of aliphatic carboxylic acids is 1. The lowest BCUT2D eigenvalue weighted by atomic mass is 9.74. The smallest absolute Gasteiger partial charge is 0.322 e. The van der Waals surface area contributed by atoms with Gasteiger partial charge in [0.05, 0.1) is 14.2 Å². The van der Waals surface area contributed by atoms with E-state index in [-0.39, 0.29) is 33.4 Å². The number of allylic oxidation sites excluding steroid dienone is 1. The second-order valence-corrected chi connectivity index (χ2v) is 8.76. The molecule has 1 spiro atoms. The average Bonchev–Trinajstić information content (AvgIpc) is 3.17. The highest BCUT2D eigenvalue weighted by molar-refractivity contribution is 6.36. The number of ketones is 2. The lowest BCUT2D eigenvalue weighted by Crippen LogP contribution is -2.55. The van der Waals surface area contributed by atoms with E-state index < -0.39 is 41.5 Å². The zero-order valence-corrected chi connectivity index (χ0v) is 20.4. The molecule has 0 saturated carbocycles. The summed E-state index contributed by atoms with van der Waals surface area (Å²) in [6, 6.07) is 7.78. The molecule has 10 nitrogen and oxygen atoms in total. The van der Waals surface area contributed by atoms with E-state index in [2.05, 4.69) is 10.6 Å². The van der Waals surface area contributed by atoms with E-state index in [1.807, 2.05) is 0 Å². The highest BCUT2D eigenvalue weighted by atomic mass is 35.5. The number of ether oxygens (including phenoxy) is 3. The largest absolute Gasteiger partial charge is 0.496 e. The van der Waals surface area contributed by atoms with E-state index in [9.17, 15) is 19.2 Å². The number of methoxy groups -OCH3 is 2. The van der Waals surface area contributed by atoms with Crippen molar-refractivity contribution >= 4 is 40.7 Å². The number of hydrogen-bond acceptors (Lipinski definition) is 8. The molecule has 3 N–H and O–H groups in total. The Labute approximate surface area is 211 Å². The summed E-state index contributed by atoms with van der Waals surface area (Å²) in [7, 11) is 2.82. The first-order valence-electron chi connectivity index (χ1n) is 10.9. The van der Waals surface area contributed by atoms with Crippen molar-refractivity contribution in [1.82, 2.24) is 5.32 Å². The molecule has 188 valence electrons. The van der Waals surface area contributed by atoms with Gasteiger partial charge in [-0.1, -0.05) is 18.5 Å². The third-order valence-corrected chi connectivity index (χ3v) is 6.52. The minimum atomic E-state index is -1.77. The van der Waals surface area contributed by atoms with Crippen molar-refractivity contribution in [2.24, 2.45) is 5.92 Å².